The highest BCUT2D eigenvalue weighted by Crippen LogP contribution is 2.40. The van der Waals surface area contributed by atoms with Gasteiger partial charge in [-0.1, -0.05) is 0 Å². The summed E-state index contributed by atoms with van der Waals surface area (Å²) in [5.41, 5.74) is 0.863. The summed E-state index contributed by atoms with van der Waals surface area (Å²) in [6.45, 7) is 3.70. The van der Waals surface area contributed by atoms with Gasteiger partial charge in [0, 0.05) is 31.6 Å². The molecule has 6 heteroatoms. The van der Waals surface area contributed by atoms with E-state index in [0.29, 0.717) is 12.2 Å². The van der Waals surface area contributed by atoms with Crippen molar-refractivity contribution in [3.8, 4) is 11.5 Å². The number of anilines is 1. The molecule has 0 aliphatic carbocycles. The molecule has 0 aromatic heterocycles. The molecule has 0 amide bonds. The van der Waals surface area contributed by atoms with Gasteiger partial charge in [-0.2, -0.15) is 0 Å². The van der Waals surface area contributed by atoms with Gasteiger partial charge < -0.3 is 14.8 Å². The summed E-state index contributed by atoms with van der Waals surface area (Å²) in [5, 5.41) is 3.24. The van der Waals surface area contributed by atoms with Crippen molar-refractivity contribution in [2.24, 2.45) is 0 Å². The topological polar surface area (TPSA) is 64.6 Å². The Morgan fingerprint density at radius 1 is 1.26 bits per heavy atom. The van der Waals surface area contributed by atoms with Gasteiger partial charge >= 0.3 is 0 Å². The van der Waals surface area contributed by atoms with E-state index in [0.717, 1.165) is 11.4 Å². The van der Waals surface area contributed by atoms with E-state index >= 15 is 0 Å². The summed E-state index contributed by atoms with van der Waals surface area (Å²) >= 11 is 0. The van der Waals surface area contributed by atoms with Crippen LogP contribution in [0.4, 0.5) is 5.69 Å². The molecule has 0 saturated carbocycles. The lowest BCUT2D eigenvalue weighted by Gasteiger charge is -2.16. The minimum atomic E-state index is -2.86. The van der Waals surface area contributed by atoms with Crippen molar-refractivity contribution in [3.05, 3.63) is 18.2 Å². The minimum absolute atomic E-state index is 0.0154. The summed E-state index contributed by atoms with van der Waals surface area (Å²) < 4.78 is 34.1. The van der Waals surface area contributed by atoms with Gasteiger partial charge in [0.15, 0.2) is 21.3 Å². The van der Waals surface area contributed by atoms with Crippen LogP contribution in [0.5, 0.6) is 11.5 Å². The Hall–Kier alpha value is -1.43. The molecule has 1 unspecified atom stereocenters. The molecule has 104 valence electrons. The predicted octanol–water partition coefficient (Wildman–Crippen LogP) is 1.79. The molecular weight excluding hydrogens is 266 g/mol. The molecule has 1 saturated heterocycles. The van der Waals surface area contributed by atoms with Crippen molar-refractivity contribution in [1.29, 1.82) is 0 Å². The lowest BCUT2D eigenvalue weighted by atomic mass is 10.2. The average molecular weight is 283 g/mol. The van der Waals surface area contributed by atoms with Crippen molar-refractivity contribution in [1.82, 2.24) is 0 Å². The lowest BCUT2D eigenvalue weighted by Crippen LogP contribution is -2.29. The second kappa shape index (κ2) is 4.03. The van der Waals surface area contributed by atoms with Gasteiger partial charge in [-0.25, -0.2) is 8.42 Å². The summed E-state index contributed by atoms with van der Waals surface area (Å²) in [6.07, 6.45) is 0.655. The molecule has 1 fully saturated rings. The fourth-order valence-corrected chi connectivity index (χ4v) is 4.13. The Morgan fingerprint density at radius 2 is 2.00 bits per heavy atom. The molecule has 19 heavy (non-hydrogen) atoms. The van der Waals surface area contributed by atoms with Gasteiger partial charge in [0.25, 0.3) is 0 Å². The highest BCUT2D eigenvalue weighted by atomic mass is 32.2. The number of rotatable bonds is 2. The van der Waals surface area contributed by atoms with E-state index in [2.05, 4.69) is 5.32 Å². The van der Waals surface area contributed by atoms with E-state index in [1.165, 1.54) is 0 Å². The Labute approximate surface area is 112 Å². The van der Waals surface area contributed by atoms with Gasteiger partial charge in [0.05, 0.1) is 11.5 Å². The fourth-order valence-electron chi connectivity index (χ4n) is 2.46. The van der Waals surface area contributed by atoms with Crippen LogP contribution in [0.3, 0.4) is 0 Å². The van der Waals surface area contributed by atoms with Gasteiger partial charge in [-0.05, 0) is 18.6 Å². The minimum Gasteiger partial charge on any atom is -0.449 e. The third-order valence-corrected chi connectivity index (χ3v) is 5.03. The highest BCUT2D eigenvalue weighted by Gasteiger charge is 2.32. The van der Waals surface area contributed by atoms with Crippen LogP contribution >= 0.6 is 0 Å². The third kappa shape index (κ3) is 2.63. The molecule has 1 aromatic carbocycles. The van der Waals surface area contributed by atoms with E-state index in [9.17, 15) is 8.42 Å². The van der Waals surface area contributed by atoms with Crippen molar-refractivity contribution in [2.45, 2.75) is 32.1 Å². The number of hydrogen-bond donors (Lipinski definition) is 1. The molecule has 2 heterocycles. The first-order chi connectivity index (χ1) is 8.83. The second-order valence-electron chi connectivity index (χ2n) is 5.51. The molecule has 0 bridgehead atoms. The number of ether oxygens (including phenoxy) is 2. The van der Waals surface area contributed by atoms with Gasteiger partial charge in [-0.15, -0.1) is 0 Å². The summed E-state index contributed by atoms with van der Waals surface area (Å²) in [7, 11) is -2.86. The number of hydrogen-bond acceptors (Lipinski definition) is 5. The van der Waals surface area contributed by atoms with Crippen molar-refractivity contribution in [3.63, 3.8) is 0 Å². The maximum Gasteiger partial charge on any atom is 0.246 e. The maximum absolute atomic E-state index is 11.4. The van der Waals surface area contributed by atoms with E-state index in [1.807, 2.05) is 32.0 Å². The monoisotopic (exact) mass is 283 g/mol. The standard InChI is InChI=1S/C13H17NO4S/c1-13(2)17-11-4-3-9(7-12(11)18-13)14-10-5-6-19(15,16)8-10/h3-4,7,10,14H,5-6,8H2,1-2H3. The molecule has 0 radical (unpaired) electrons. The second-order valence-corrected chi connectivity index (χ2v) is 7.74. The van der Waals surface area contributed by atoms with Crippen LogP contribution in [0.15, 0.2) is 18.2 Å². The van der Waals surface area contributed by atoms with Crippen LogP contribution in [0.25, 0.3) is 0 Å². The summed E-state index contributed by atoms with van der Waals surface area (Å²) in [4.78, 5) is 0. The van der Waals surface area contributed by atoms with Gasteiger partial charge in [-0.3, -0.25) is 0 Å². The smallest absolute Gasteiger partial charge is 0.246 e. The largest absolute Gasteiger partial charge is 0.449 e. The van der Waals surface area contributed by atoms with E-state index in [-0.39, 0.29) is 17.5 Å². The van der Waals surface area contributed by atoms with Gasteiger partial charge in [0.1, 0.15) is 0 Å². The first kappa shape index (κ1) is 12.6. The molecule has 1 atom stereocenters. The summed E-state index contributed by atoms with van der Waals surface area (Å²) in [6, 6.07) is 5.57. The van der Waals surface area contributed by atoms with Gasteiger partial charge in [0.2, 0.25) is 5.79 Å². The Balaban J connectivity index is 1.75. The number of nitrogens with one attached hydrogen (secondary N) is 1. The zero-order chi connectivity index (χ0) is 13.7. The normalized spacial score (nSPS) is 26.3. The highest BCUT2D eigenvalue weighted by molar-refractivity contribution is 7.91. The van der Waals surface area contributed by atoms with Crippen LogP contribution in [0, 0.1) is 0 Å². The Bertz CT molecular complexity index is 609. The molecule has 5 nitrogen and oxygen atoms in total. The Morgan fingerprint density at radius 3 is 2.68 bits per heavy atom. The number of sulfone groups is 1. The average Bonchev–Trinajstić information content (AvgIpc) is 2.76. The van der Waals surface area contributed by atoms with E-state index in [4.69, 9.17) is 9.47 Å². The Kier molecular flexibility index (Phi) is 2.67. The molecule has 0 spiro atoms. The van der Waals surface area contributed by atoms with Crippen LogP contribution in [0.1, 0.15) is 20.3 Å². The molecule has 1 aromatic rings. The quantitative estimate of drug-likeness (QED) is 0.896. The van der Waals surface area contributed by atoms with E-state index in [1.54, 1.807) is 0 Å². The zero-order valence-corrected chi connectivity index (χ0v) is 11.8. The molecule has 2 aliphatic heterocycles. The maximum atomic E-state index is 11.4. The van der Waals surface area contributed by atoms with Crippen LogP contribution < -0.4 is 14.8 Å². The van der Waals surface area contributed by atoms with Crippen LogP contribution in [0.2, 0.25) is 0 Å². The van der Waals surface area contributed by atoms with Crippen molar-refractivity contribution in [2.75, 3.05) is 16.8 Å². The molecule has 3 rings (SSSR count). The fraction of sp³-hybridized carbons (Fsp3) is 0.538. The predicted molar refractivity (Wildman–Crippen MR) is 72.5 cm³/mol. The summed E-state index contributed by atoms with van der Waals surface area (Å²) in [5.74, 6) is 1.23. The van der Waals surface area contributed by atoms with Crippen molar-refractivity contribution >= 4 is 15.5 Å². The van der Waals surface area contributed by atoms with Crippen molar-refractivity contribution < 1.29 is 17.9 Å². The zero-order valence-electron chi connectivity index (χ0n) is 11.0. The number of fused-ring (bicyclic) bond motifs is 1. The first-order valence-electron chi connectivity index (χ1n) is 6.32. The van der Waals surface area contributed by atoms with Crippen LogP contribution in [-0.2, 0) is 9.84 Å². The van der Waals surface area contributed by atoms with E-state index < -0.39 is 15.6 Å². The lowest BCUT2D eigenvalue weighted by molar-refractivity contribution is -0.0431. The number of benzene rings is 1. The molecule has 1 N–H and O–H groups in total. The molecular formula is C13H17NO4S. The first-order valence-corrected chi connectivity index (χ1v) is 8.14. The molecule has 2 aliphatic rings. The third-order valence-electron chi connectivity index (χ3n) is 3.26. The van der Waals surface area contributed by atoms with Crippen LogP contribution in [-0.4, -0.2) is 31.8 Å². The SMILES string of the molecule is CC1(C)Oc2ccc(NC3CCS(=O)(=O)C3)cc2O1.